The zero-order valence-electron chi connectivity index (χ0n) is 12.5. The van der Waals surface area contributed by atoms with Gasteiger partial charge in [0.2, 0.25) is 10.0 Å². The smallest absolute Gasteiger partial charge is 0.255 e. The largest absolute Gasteiger partial charge is 0.508 e. The highest BCUT2D eigenvalue weighted by Crippen LogP contribution is 2.31. The van der Waals surface area contributed by atoms with E-state index in [1.165, 1.54) is 22.7 Å². The molecular formula is C16H16N2O4S. The average molecular weight is 332 g/mol. The van der Waals surface area contributed by atoms with E-state index in [4.69, 9.17) is 0 Å². The van der Waals surface area contributed by atoms with E-state index in [-0.39, 0.29) is 11.7 Å². The Kier molecular flexibility index (Phi) is 3.73. The number of hydrogen-bond acceptors (Lipinski definition) is 4. The van der Waals surface area contributed by atoms with E-state index in [1.54, 1.807) is 30.3 Å². The topological polar surface area (TPSA) is 86.7 Å². The number of carbonyl (C=O) groups is 1. The second-order valence-corrected chi connectivity index (χ2v) is 7.34. The van der Waals surface area contributed by atoms with E-state index in [0.717, 1.165) is 5.56 Å². The van der Waals surface area contributed by atoms with Gasteiger partial charge in [0.05, 0.1) is 11.9 Å². The molecule has 3 rings (SSSR count). The summed E-state index contributed by atoms with van der Waals surface area (Å²) in [6.45, 7) is 0.395. The second kappa shape index (κ2) is 5.58. The predicted octanol–water partition coefficient (Wildman–Crippen LogP) is 1.97. The molecule has 1 aliphatic rings. The quantitative estimate of drug-likeness (QED) is 0.899. The van der Waals surface area contributed by atoms with Crippen molar-refractivity contribution >= 4 is 27.3 Å². The SMILES string of the molecule is CS(=O)(=O)N1CCc2cc(C(=O)Nc3cccc(O)c3)ccc21. The Bertz CT molecular complexity index is 877. The van der Waals surface area contributed by atoms with Gasteiger partial charge in [-0.25, -0.2) is 8.42 Å². The molecule has 2 aromatic carbocycles. The molecule has 0 radical (unpaired) electrons. The number of anilines is 2. The van der Waals surface area contributed by atoms with Crippen molar-refractivity contribution in [3.05, 3.63) is 53.6 Å². The van der Waals surface area contributed by atoms with Gasteiger partial charge in [-0.15, -0.1) is 0 Å². The molecule has 0 aromatic heterocycles. The first-order valence-electron chi connectivity index (χ1n) is 7.05. The summed E-state index contributed by atoms with van der Waals surface area (Å²) in [6, 6.07) is 11.2. The van der Waals surface area contributed by atoms with Crippen LogP contribution in [0.25, 0.3) is 0 Å². The van der Waals surface area contributed by atoms with Crippen molar-refractivity contribution in [2.45, 2.75) is 6.42 Å². The lowest BCUT2D eigenvalue weighted by Crippen LogP contribution is -2.27. The Labute approximate surface area is 134 Å². The summed E-state index contributed by atoms with van der Waals surface area (Å²) in [7, 11) is -3.30. The molecule has 0 spiro atoms. The fraction of sp³-hybridized carbons (Fsp3) is 0.188. The highest BCUT2D eigenvalue weighted by molar-refractivity contribution is 7.92. The summed E-state index contributed by atoms with van der Waals surface area (Å²) in [5, 5.41) is 12.1. The molecule has 0 aliphatic carbocycles. The Morgan fingerprint density at radius 1 is 1.22 bits per heavy atom. The predicted molar refractivity (Wildman–Crippen MR) is 88.4 cm³/mol. The highest BCUT2D eigenvalue weighted by atomic mass is 32.2. The maximum absolute atomic E-state index is 12.3. The van der Waals surface area contributed by atoms with Crippen molar-refractivity contribution in [1.29, 1.82) is 0 Å². The molecule has 0 unspecified atom stereocenters. The summed E-state index contributed by atoms with van der Waals surface area (Å²) in [5.41, 5.74) is 2.40. The van der Waals surface area contributed by atoms with Gasteiger partial charge in [-0.1, -0.05) is 6.07 Å². The molecule has 0 bridgehead atoms. The van der Waals surface area contributed by atoms with Crippen LogP contribution in [0.3, 0.4) is 0 Å². The van der Waals surface area contributed by atoms with Crippen molar-refractivity contribution in [2.75, 3.05) is 22.4 Å². The summed E-state index contributed by atoms with van der Waals surface area (Å²) < 4.78 is 24.8. The fourth-order valence-corrected chi connectivity index (χ4v) is 3.60. The number of phenolic OH excluding ortho intramolecular Hbond substituents is 1. The first kappa shape index (κ1) is 15.4. The number of fused-ring (bicyclic) bond motifs is 1. The highest BCUT2D eigenvalue weighted by Gasteiger charge is 2.26. The summed E-state index contributed by atoms with van der Waals surface area (Å²) in [6.07, 6.45) is 1.75. The lowest BCUT2D eigenvalue weighted by atomic mass is 10.1. The molecule has 0 atom stereocenters. The van der Waals surface area contributed by atoms with Gasteiger partial charge in [-0.3, -0.25) is 9.10 Å². The fourth-order valence-electron chi connectivity index (χ4n) is 2.64. The second-order valence-electron chi connectivity index (χ2n) is 5.43. The van der Waals surface area contributed by atoms with E-state index in [9.17, 15) is 18.3 Å². The van der Waals surface area contributed by atoms with Crippen LogP contribution in [0, 0.1) is 0 Å². The van der Waals surface area contributed by atoms with Crippen molar-refractivity contribution in [3.63, 3.8) is 0 Å². The summed E-state index contributed by atoms with van der Waals surface area (Å²) in [4.78, 5) is 12.3. The van der Waals surface area contributed by atoms with Gasteiger partial charge in [-0.05, 0) is 42.3 Å². The van der Waals surface area contributed by atoms with Crippen LogP contribution in [0.1, 0.15) is 15.9 Å². The number of nitrogens with one attached hydrogen (secondary N) is 1. The van der Waals surface area contributed by atoms with Crippen molar-refractivity contribution < 1.29 is 18.3 Å². The van der Waals surface area contributed by atoms with Crippen LogP contribution < -0.4 is 9.62 Å². The number of aromatic hydroxyl groups is 1. The normalized spacial score (nSPS) is 13.7. The van der Waals surface area contributed by atoms with Gasteiger partial charge in [0.1, 0.15) is 5.75 Å². The van der Waals surface area contributed by atoms with Crippen molar-refractivity contribution in [2.24, 2.45) is 0 Å². The van der Waals surface area contributed by atoms with Crippen molar-refractivity contribution in [3.8, 4) is 5.75 Å². The van der Waals surface area contributed by atoms with Gasteiger partial charge in [0.25, 0.3) is 5.91 Å². The first-order valence-corrected chi connectivity index (χ1v) is 8.90. The molecule has 0 fully saturated rings. The monoisotopic (exact) mass is 332 g/mol. The third-order valence-electron chi connectivity index (χ3n) is 3.70. The molecule has 120 valence electrons. The van der Waals surface area contributed by atoms with Crippen LogP contribution in [0.5, 0.6) is 5.75 Å². The van der Waals surface area contributed by atoms with Gasteiger partial charge < -0.3 is 10.4 Å². The summed E-state index contributed by atoms with van der Waals surface area (Å²) >= 11 is 0. The zero-order chi connectivity index (χ0) is 16.6. The zero-order valence-corrected chi connectivity index (χ0v) is 13.3. The molecule has 1 heterocycles. The molecule has 0 saturated heterocycles. The lowest BCUT2D eigenvalue weighted by molar-refractivity contribution is 0.102. The number of sulfonamides is 1. The van der Waals surface area contributed by atoms with Gasteiger partial charge in [-0.2, -0.15) is 0 Å². The number of phenols is 1. The third kappa shape index (κ3) is 3.14. The maximum atomic E-state index is 12.3. The van der Waals surface area contributed by atoms with Crippen LogP contribution >= 0.6 is 0 Å². The minimum atomic E-state index is -3.30. The molecule has 1 amide bonds. The van der Waals surface area contributed by atoms with Crippen LogP contribution in [0.2, 0.25) is 0 Å². The lowest BCUT2D eigenvalue weighted by Gasteiger charge is -2.16. The van der Waals surface area contributed by atoms with E-state index in [0.29, 0.717) is 29.9 Å². The Morgan fingerprint density at radius 2 is 2.00 bits per heavy atom. The number of hydrogen-bond donors (Lipinski definition) is 2. The Morgan fingerprint density at radius 3 is 2.70 bits per heavy atom. The minimum Gasteiger partial charge on any atom is -0.508 e. The van der Waals surface area contributed by atoms with E-state index < -0.39 is 10.0 Å². The molecule has 6 nitrogen and oxygen atoms in total. The van der Waals surface area contributed by atoms with Gasteiger partial charge in [0, 0.05) is 23.9 Å². The van der Waals surface area contributed by atoms with Crippen LogP contribution in [-0.4, -0.2) is 32.2 Å². The number of nitrogens with zero attached hydrogens (tertiary/aromatic N) is 1. The molecule has 7 heteroatoms. The molecular weight excluding hydrogens is 316 g/mol. The number of rotatable bonds is 3. The molecule has 0 saturated carbocycles. The molecule has 23 heavy (non-hydrogen) atoms. The van der Waals surface area contributed by atoms with E-state index in [1.807, 2.05) is 0 Å². The maximum Gasteiger partial charge on any atom is 0.255 e. The minimum absolute atomic E-state index is 0.0700. The number of benzene rings is 2. The Balaban J connectivity index is 1.84. The molecule has 2 N–H and O–H groups in total. The van der Waals surface area contributed by atoms with Crippen LogP contribution in [0.4, 0.5) is 11.4 Å². The molecule has 1 aliphatic heterocycles. The van der Waals surface area contributed by atoms with Crippen molar-refractivity contribution in [1.82, 2.24) is 0 Å². The Hall–Kier alpha value is -2.54. The van der Waals surface area contributed by atoms with Gasteiger partial charge in [0.15, 0.2) is 0 Å². The van der Waals surface area contributed by atoms with Gasteiger partial charge >= 0.3 is 0 Å². The van der Waals surface area contributed by atoms with E-state index >= 15 is 0 Å². The number of amides is 1. The van der Waals surface area contributed by atoms with E-state index in [2.05, 4.69) is 5.32 Å². The summed E-state index contributed by atoms with van der Waals surface area (Å²) in [5.74, 6) is -0.239. The standard InChI is InChI=1S/C16H16N2O4S/c1-23(21,22)18-8-7-11-9-12(5-6-15(11)18)16(20)17-13-3-2-4-14(19)10-13/h2-6,9-10,19H,7-8H2,1H3,(H,17,20). The average Bonchev–Trinajstić information content (AvgIpc) is 2.90. The third-order valence-corrected chi connectivity index (χ3v) is 4.88. The first-order chi connectivity index (χ1) is 10.8. The van der Waals surface area contributed by atoms with Crippen LogP contribution in [-0.2, 0) is 16.4 Å². The molecule has 2 aromatic rings. The number of carbonyl (C=O) groups excluding carboxylic acids is 1. The van der Waals surface area contributed by atoms with Crippen LogP contribution in [0.15, 0.2) is 42.5 Å².